The van der Waals surface area contributed by atoms with E-state index in [0.29, 0.717) is 0 Å². The van der Waals surface area contributed by atoms with Crippen LogP contribution in [0.5, 0.6) is 0 Å². The topological polar surface area (TPSA) is 88.1 Å². The zero-order valence-electron chi connectivity index (χ0n) is 11.4. The highest BCUT2D eigenvalue weighted by molar-refractivity contribution is 5.68. The summed E-state index contributed by atoms with van der Waals surface area (Å²) >= 11 is 0. The summed E-state index contributed by atoms with van der Waals surface area (Å²) in [5.74, 6) is -1.83. The summed E-state index contributed by atoms with van der Waals surface area (Å²) in [6, 6.07) is 0. The lowest BCUT2D eigenvalue weighted by Crippen LogP contribution is -2.54. The molecule has 4 atom stereocenters. The van der Waals surface area contributed by atoms with Gasteiger partial charge in [-0.15, -0.1) is 0 Å². The third kappa shape index (κ3) is 4.51. The first kappa shape index (κ1) is 15.4. The van der Waals surface area contributed by atoms with Gasteiger partial charge in [0.2, 0.25) is 12.4 Å². The van der Waals surface area contributed by atoms with E-state index in [0.717, 1.165) is 0 Å². The van der Waals surface area contributed by atoms with Crippen LogP contribution in [-0.2, 0) is 33.3 Å². The quantitative estimate of drug-likeness (QED) is 0.544. The van der Waals surface area contributed by atoms with Gasteiger partial charge in [-0.05, 0) is 0 Å². The van der Waals surface area contributed by atoms with Crippen molar-refractivity contribution in [1.82, 2.24) is 0 Å². The van der Waals surface area contributed by atoms with Crippen molar-refractivity contribution in [3.05, 3.63) is 0 Å². The molecule has 1 aliphatic rings. The van der Waals surface area contributed by atoms with Gasteiger partial charge in [-0.25, -0.2) is 0 Å². The Labute approximate surface area is 111 Å². The Morgan fingerprint density at radius 3 is 1.84 bits per heavy atom. The number of carbonyl (C=O) groups excluding carboxylic acids is 3. The van der Waals surface area contributed by atoms with E-state index in [9.17, 15) is 14.4 Å². The van der Waals surface area contributed by atoms with Crippen LogP contribution >= 0.6 is 0 Å². The Morgan fingerprint density at radius 1 is 0.895 bits per heavy atom. The first-order valence-electron chi connectivity index (χ1n) is 5.94. The number of rotatable bonds is 3. The number of ether oxygens (including phenoxy) is 4. The smallest absolute Gasteiger partial charge is 0.305 e. The lowest BCUT2D eigenvalue weighted by molar-refractivity contribution is -0.260. The van der Waals surface area contributed by atoms with Crippen molar-refractivity contribution >= 4 is 17.9 Å². The Morgan fingerprint density at radius 2 is 1.37 bits per heavy atom. The van der Waals surface area contributed by atoms with E-state index in [1.807, 2.05) is 0 Å². The van der Waals surface area contributed by atoms with Crippen LogP contribution in [0.25, 0.3) is 0 Å². The monoisotopic (exact) mass is 274 g/mol. The minimum Gasteiger partial charge on any atom is -0.458 e. The van der Waals surface area contributed by atoms with Crippen molar-refractivity contribution in [2.45, 2.75) is 46.2 Å². The van der Waals surface area contributed by atoms with Crippen LogP contribution in [-0.4, -0.2) is 43.0 Å². The van der Waals surface area contributed by atoms with Crippen LogP contribution in [0.3, 0.4) is 0 Å². The standard InChI is InChI=1S/C12H18O7/c1-6-5-16-12(19-9(4)15)11(18-8(3)14)10(6)17-7(2)13/h6,10-12H,5H2,1-4H3/t6-,10+,11-,12?/m1/s1. The molecule has 1 aliphatic heterocycles. The zero-order chi connectivity index (χ0) is 14.6. The molecule has 7 heteroatoms. The second-order valence-corrected chi connectivity index (χ2v) is 4.44. The molecule has 0 amide bonds. The third-order valence-corrected chi connectivity index (χ3v) is 2.56. The highest BCUT2D eigenvalue weighted by Gasteiger charge is 2.45. The largest absolute Gasteiger partial charge is 0.458 e. The van der Waals surface area contributed by atoms with Gasteiger partial charge in [0, 0.05) is 26.7 Å². The summed E-state index contributed by atoms with van der Waals surface area (Å²) in [5.41, 5.74) is 0. The summed E-state index contributed by atoms with van der Waals surface area (Å²) in [6.45, 7) is 5.71. The summed E-state index contributed by atoms with van der Waals surface area (Å²) in [5, 5.41) is 0. The van der Waals surface area contributed by atoms with E-state index in [4.69, 9.17) is 18.9 Å². The molecule has 0 aromatic rings. The van der Waals surface area contributed by atoms with Crippen LogP contribution in [0.4, 0.5) is 0 Å². The maximum Gasteiger partial charge on any atom is 0.305 e. The van der Waals surface area contributed by atoms with Gasteiger partial charge in [-0.3, -0.25) is 14.4 Å². The van der Waals surface area contributed by atoms with Crippen LogP contribution < -0.4 is 0 Å². The molecule has 0 aliphatic carbocycles. The van der Waals surface area contributed by atoms with E-state index < -0.39 is 36.4 Å². The van der Waals surface area contributed by atoms with Gasteiger partial charge in [0.15, 0.2) is 0 Å². The summed E-state index contributed by atoms with van der Waals surface area (Å²) < 4.78 is 20.5. The Balaban J connectivity index is 2.89. The minimum absolute atomic E-state index is 0.181. The molecular weight excluding hydrogens is 256 g/mol. The Kier molecular flexibility index (Phi) is 5.29. The van der Waals surface area contributed by atoms with Gasteiger partial charge in [0.05, 0.1) is 6.61 Å². The summed E-state index contributed by atoms with van der Waals surface area (Å²) in [6.07, 6.45) is -2.74. The van der Waals surface area contributed by atoms with Gasteiger partial charge in [0.25, 0.3) is 0 Å². The number of hydrogen-bond acceptors (Lipinski definition) is 7. The van der Waals surface area contributed by atoms with Crippen molar-refractivity contribution in [3.8, 4) is 0 Å². The van der Waals surface area contributed by atoms with Crippen LogP contribution in [0.15, 0.2) is 0 Å². The predicted octanol–water partition coefficient (Wildman–Crippen LogP) is 0.405. The van der Waals surface area contributed by atoms with Crippen LogP contribution in [0.1, 0.15) is 27.7 Å². The highest BCUT2D eigenvalue weighted by atomic mass is 16.7. The molecule has 0 saturated carbocycles. The molecule has 1 unspecified atom stereocenters. The maximum absolute atomic E-state index is 11.1. The molecule has 1 heterocycles. The second kappa shape index (κ2) is 6.51. The first-order chi connectivity index (χ1) is 8.81. The van der Waals surface area contributed by atoms with Gasteiger partial charge in [-0.1, -0.05) is 6.92 Å². The molecule has 7 nitrogen and oxygen atoms in total. The number of esters is 3. The number of carbonyl (C=O) groups is 3. The van der Waals surface area contributed by atoms with E-state index in [1.165, 1.54) is 20.8 Å². The van der Waals surface area contributed by atoms with E-state index in [1.54, 1.807) is 6.92 Å². The molecule has 0 aromatic carbocycles. The molecule has 19 heavy (non-hydrogen) atoms. The van der Waals surface area contributed by atoms with Gasteiger partial charge in [0.1, 0.15) is 6.10 Å². The lowest BCUT2D eigenvalue weighted by Gasteiger charge is -2.39. The van der Waals surface area contributed by atoms with Gasteiger partial charge in [-0.2, -0.15) is 0 Å². The molecule has 1 rings (SSSR count). The molecule has 0 spiro atoms. The third-order valence-electron chi connectivity index (χ3n) is 2.56. The number of hydrogen-bond donors (Lipinski definition) is 0. The fourth-order valence-corrected chi connectivity index (χ4v) is 1.87. The molecule has 1 saturated heterocycles. The first-order valence-corrected chi connectivity index (χ1v) is 5.94. The Bertz CT molecular complexity index is 365. The van der Waals surface area contributed by atoms with Gasteiger partial charge >= 0.3 is 17.9 Å². The molecule has 0 N–H and O–H groups in total. The minimum atomic E-state index is -1.07. The second-order valence-electron chi connectivity index (χ2n) is 4.44. The van der Waals surface area contributed by atoms with Crippen molar-refractivity contribution in [2.24, 2.45) is 5.92 Å². The Hall–Kier alpha value is -1.63. The molecular formula is C12H18O7. The zero-order valence-corrected chi connectivity index (χ0v) is 11.4. The molecule has 108 valence electrons. The van der Waals surface area contributed by atoms with Crippen molar-refractivity contribution in [3.63, 3.8) is 0 Å². The van der Waals surface area contributed by atoms with Crippen molar-refractivity contribution in [2.75, 3.05) is 6.61 Å². The SMILES string of the molecule is CC(=O)OC1OC[C@@H](C)[C@H](OC(C)=O)[C@H]1OC(C)=O. The molecule has 0 radical (unpaired) electrons. The average Bonchev–Trinajstić information content (AvgIpc) is 2.25. The van der Waals surface area contributed by atoms with Crippen LogP contribution in [0.2, 0.25) is 0 Å². The van der Waals surface area contributed by atoms with Gasteiger partial charge < -0.3 is 18.9 Å². The van der Waals surface area contributed by atoms with E-state index in [-0.39, 0.29) is 12.5 Å². The lowest BCUT2D eigenvalue weighted by atomic mass is 9.97. The molecule has 0 aromatic heterocycles. The molecule has 1 fully saturated rings. The van der Waals surface area contributed by atoms with Crippen molar-refractivity contribution < 1.29 is 33.3 Å². The summed E-state index contributed by atoms with van der Waals surface area (Å²) in [4.78, 5) is 33.2. The fourth-order valence-electron chi connectivity index (χ4n) is 1.87. The maximum atomic E-state index is 11.1. The van der Waals surface area contributed by atoms with E-state index >= 15 is 0 Å². The van der Waals surface area contributed by atoms with Crippen LogP contribution in [0, 0.1) is 5.92 Å². The summed E-state index contributed by atoms with van der Waals surface area (Å²) in [7, 11) is 0. The average molecular weight is 274 g/mol. The van der Waals surface area contributed by atoms with Crippen molar-refractivity contribution in [1.29, 1.82) is 0 Å². The molecule has 0 bridgehead atoms. The normalized spacial score (nSPS) is 30.3. The fraction of sp³-hybridized carbons (Fsp3) is 0.750. The highest BCUT2D eigenvalue weighted by Crippen LogP contribution is 2.26. The predicted molar refractivity (Wildman–Crippen MR) is 61.8 cm³/mol. The van der Waals surface area contributed by atoms with E-state index in [2.05, 4.69) is 0 Å².